The summed E-state index contributed by atoms with van der Waals surface area (Å²) in [5.41, 5.74) is 3.45. The van der Waals surface area contributed by atoms with Crippen LogP contribution < -0.4 is 14.8 Å². The lowest BCUT2D eigenvalue weighted by atomic mass is 9.99. The lowest BCUT2D eigenvalue weighted by molar-refractivity contribution is -0.129. The quantitative estimate of drug-likeness (QED) is 0.546. The van der Waals surface area contributed by atoms with Crippen LogP contribution in [0, 0.1) is 12.8 Å². The number of amides is 2. The van der Waals surface area contributed by atoms with Crippen LogP contribution in [0.1, 0.15) is 48.4 Å². The van der Waals surface area contributed by atoms with Crippen molar-refractivity contribution < 1.29 is 19.1 Å². The van der Waals surface area contributed by atoms with Crippen molar-refractivity contribution in [2.45, 2.75) is 45.1 Å². The summed E-state index contributed by atoms with van der Waals surface area (Å²) >= 11 is 0. The third-order valence-electron chi connectivity index (χ3n) is 7.47. The molecule has 2 aromatic rings. The molecule has 0 bridgehead atoms. The Morgan fingerprint density at radius 1 is 1.06 bits per heavy atom. The minimum Gasteiger partial charge on any atom is -0.497 e. The highest BCUT2D eigenvalue weighted by Crippen LogP contribution is 2.34. The van der Waals surface area contributed by atoms with Crippen LogP contribution in [0.5, 0.6) is 11.5 Å². The maximum atomic E-state index is 13.2. The molecule has 2 heterocycles. The molecule has 2 atom stereocenters. The number of methoxy groups -OCH3 is 2. The van der Waals surface area contributed by atoms with Crippen LogP contribution in [0.3, 0.4) is 0 Å². The number of likely N-dealkylation sites (tertiary alicyclic amines) is 2. The van der Waals surface area contributed by atoms with Crippen LogP contribution in [0.25, 0.3) is 0 Å². The Labute approximate surface area is 214 Å². The first-order chi connectivity index (χ1) is 17.5. The molecule has 1 N–H and O–H groups in total. The molecule has 2 saturated heterocycles. The molecule has 194 valence electrons. The SMILES string of the molecule is COc1ccc(OC)c(C(CNC(=O)C2CC(=O)N(CCc3ccc(C)cc3)C2)N2CCCCC2)c1. The number of nitrogens with zero attached hydrogens (tertiary/aromatic N) is 2. The molecule has 2 aliphatic rings. The number of benzene rings is 2. The molecule has 2 fully saturated rings. The van der Waals surface area contributed by atoms with Crippen molar-refractivity contribution in [1.29, 1.82) is 0 Å². The summed E-state index contributed by atoms with van der Waals surface area (Å²) in [6, 6.07) is 14.2. The van der Waals surface area contributed by atoms with E-state index in [1.165, 1.54) is 17.5 Å². The Hall–Kier alpha value is -3.06. The van der Waals surface area contributed by atoms with E-state index < -0.39 is 0 Å². The standard InChI is InChI=1S/C29H39N3O4/c1-21-7-9-22(10-8-21)13-16-32-20-23(17-28(32)33)29(34)30-19-26(31-14-5-4-6-15-31)25-18-24(35-2)11-12-27(25)36-3/h7-12,18,23,26H,4-6,13-17,19-20H2,1-3H3,(H,30,34). The highest BCUT2D eigenvalue weighted by atomic mass is 16.5. The van der Waals surface area contributed by atoms with Crippen molar-refractivity contribution >= 4 is 11.8 Å². The molecule has 2 aromatic carbocycles. The zero-order chi connectivity index (χ0) is 25.5. The normalized spacial score (nSPS) is 19.2. The molecule has 7 heteroatoms. The molecule has 4 rings (SSSR count). The molecule has 0 radical (unpaired) electrons. The van der Waals surface area contributed by atoms with Crippen molar-refractivity contribution in [1.82, 2.24) is 15.1 Å². The lowest BCUT2D eigenvalue weighted by Crippen LogP contribution is -2.42. The summed E-state index contributed by atoms with van der Waals surface area (Å²) in [5.74, 6) is 1.25. The average molecular weight is 494 g/mol. The van der Waals surface area contributed by atoms with E-state index in [2.05, 4.69) is 41.4 Å². The fraction of sp³-hybridized carbons (Fsp3) is 0.517. The van der Waals surface area contributed by atoms with E-state index in [0.717, 1.165) is 49.4 Å². The number of nitrogens with one attached hydrogen (secondary N) is 1. The minimum absolute atomic E-state index is 0.0194. The van der Waals surface area contributed by atoms with Gasteiger partial charge in [-0.1, -0.05) is 36.2 Å². The number of piperidine rings is 1. The van der Waals surface area contributed by atoms with Gasteiger partial charge in [0.1, 0.15) is 11.5 Å². The van der Waals surface area contributed by atoms with Gasteiger partial charge in [-0.3, -0.25) is 14.5 Å². The van der Waals surface area contributed by atoms with Crippen LogP contribution in [0.2, 0.25) is 0 Å². The predicted octanol–water partition coefficient (Wildman–Crippen LogP) is 3.75. The second-order valence-electron chi connectivity index (χ2n) is 9.94. The predicted molar refractivity (Wildman–Crippen MR) is 140 cm³/mol. The maximum absolute atomic E-state index is 13.2. The van der Waals surface area contributed by atoms with E-state index in [1.807, 2.05) is 23.1 Å². The van der Waals surface area contributed by atoms with Gasteiger partial charge in [0, 0.05) is 31.6 Å². The number of ether oxygens (including phenoxy) is 2. The zero-order valence-corrected chi connectivity index (χ0v) is 21.8. The van der Waals surface area contributed by atoms with Gasteiger partial charge in [-0.15, -0.1) is 0 Å². The summed E-state index contributed by atoms with van der Waals surface area (Å²) in [4.78, 5) is 30.1. The summed E-state index contributed by atoms with van der Waals surface area (Å²) in [6.07, 6.45) is 4.59. The Morgan fingerprint density at radius 3 is 2.50 bits per heavy atom. The van der Waals surface area contributed by atoms with E-state index in [0.29, 0.717) is 19.6 Å². The van der Waals surface area contributed by atoms with Gasteiger partial charge >= 0.3 is 0 Å². The van der Waals surface area contributed by atoms with Gasteiger partial charge in [-0.05, 0) is 63.0 Å². The Kier molecular flexibility index (Phi) is 8.86. The van der Waals surface area contributed by atoms with E-state index in [-0.39, 0.29) is 30.2 Å². The second kappa shape index (κ2) is 12.3. The van der Waals surface area contributed by atoms with Gasteiger partial charge in [0.05, 0.1) is 26.2 Å². The molecule has 0 saturated carbocycles. The number of rotatable bonds is 10. The average Bonchev–Trinajstić information content (AvgIpc) is 3.29. The molecule has 36 heavy (non-hydrogen) atoms. The Morgan fingerprint density at radius 2 is 1.81 bits per heavy atom. The Balaban J connectivity index is 1.39. The first-order valence-electron chi connectivity index (χ1n) is 13.1. The molecule has 0 aromatic heterocycles. The molecule has 2 unspecified atom stereocenters. The molecule has 0 spiro atoms. The largest absolute Gasteiger partial charge is 0.497 e. The van der Waals surface area contributed by atoms with Gasteiger partial charge in [0.15, 0.2) is 0 Å². The fourth-order valence-electron chi connectivity index (χ4n) is 5.29. The highest BCUT2D eigenvalue weighted by Gasteiger charge is 2.35. The van der Waals surface area contributed by atoms with Crippen molar-refractivity contribution in [3.05, 3.63) is 59.2 Å². The van der Waals surface area contributed by atoms with Crippen molar-refractivity contribution in [3.8, 4) is 11.5 Å². The number of hydrogen-bond acceptors (Lipinski definition) is 5. The van der Waals surface area contributed by atoms with Gasteiger partial charge < -0.3 is 19.7 Å². The summed E-state index contributed by atoms with van der Waals surface area (Å²) in [7, 11) is 3.33. The lowest BCUT2D eigenvalue weighted by Gasteiger charge is -2.36. The van der Waals surface area contributed by atoms with Crippen LogP contribution in [0.15, 0.2) is 42.5 Å². The van der Waals surface area contributed by atoms with Crippen LogP contribution in [0.4, 0.5) is 0 Å². The van der Waals surface area contributed by atoms with Gasteiger partial charge in [-0.25, -0.2) is 0 Å². The number of carbonyl (C=O) groups excluding carboxylic acids is 2. The minimum atomic E-state index is -0.315. The summed E-state index contributed by atoms with van der Waals surface area (Å²) < 4.78 is 11.2. The third-order valence-corrected chi connectivity index (χ3v) is 7.47. The first-order valence-corrected chi connectivity index (χ1v) is 13.1. The van der Waals surface area contributed by atoms with Gasteiger partial charge in [0.25, 0.3) is 0 Å². The molecular formula is C29H39N3O4. The highest BCUT2D eigenvalue weighted by molar-refractivity contribution is 5.89. The van der Waals surface area contributed by atoms with Gasteiger partial charge in [-0.2, -0.15) is 0 Å². The third kappa shape index (κ3) is 6.38. The second-order valence-corrected chi connectivity index (χ2v) is 9.94. The molecule has 2 amide bonds. The summed E-state index contributed by atoms with van der Waals surface area (Å²) in [5, 5.41) is 3.17. The van der Waals surface area contributed by atoms with E-state index in [9.17, 15) is 9.59 Å². The van der Waals surface area contributed by atoms with Crippen molar-refractivity contribution in [2.75, 3.05) is 46.9 Å². The van der Waals surface area contributed by atoms with Crippen molar-refractivity contribution in [2.24, 2.45) is 5.92 Å². The first kappa shape index (κ1) is 26.0. The maximum Gasteiger partial charge on any atom is 0.225 e. The van der Waals surface area contributed by atoms with Crippen LogP contribution in [-0.4, -0.2) is 68.6 Å². The van der Waals surface area contributed by atoms with Crippen LogP contribution >= 0.6 is 0 Å². The van der Waals surface area contributed by atoms with E-state index in [1.54, 1.807) is 14.2 Å². The summed E-state index contributed by atoms with van der Waals surface area (Å²) in [6.45, 7) is 5.62. The molecule has 0 aliphatic carbocycles. The monoisotopic (exact) mass is 493 g/mol. The van der Waals surface area contributed by atoms with Crippen LogP contribution in [-0.2, 0) is 16.0 Å². The topological polar surface area (TPSA) is 71.1 Å². The smallest absolute Gasteiger partial charge is 0.225 e. The van der Waals surface area contributed by atoms with Gasteiger partial charge in [0.2, 0.25) is 11.8 Å². The molecule has 7 nitrogen and oxygen atoms in total. The molecular weight excluding hydrogens is 454 g/mol. The molecule has 2 aliphatic heterocycles. The number of hydrogen-bond donors (Lipinski definition) is 1. The van der Waals surface area contributed by atoms with E-state index in [4.69, 9.17) is 9.47 Å². The van der Waals surface area contributed by atoms with Crippen molar-refractivity contribution in [3.63, 3.8) is 0 Å². The Bertz CT molecular complexity index is 1030. The van der Waals surface area contributed by atoms with E-state index >= 15 is 0 Å². The number of carbonyl (C=O) groups is 2. The zero-order valence-electron chi connectivity index (χ0n) is 21.8. The number of aryl methyl sites for hydroxylation is 1. The fourth-order valence-corrected chi connectivity index (χ4v) is 5.29.